The van der Waals surface area contributed by atoms with Gasteiger partial charge in [0.25, 0.3) is 0 Å². The van der Waals surface area contributed by atoms with Crippen LogP contribution in [0.15, 0.2) is 85.0 Å². The molecule has 0 aromatic heterocycles. The van der Waals surface area contributed by atoms with Crippen LogP contribution in [-0.2, 0) is 17.0 Å². The quantitative estimate of drug-likeness (QED) is 0.186. The molecule has 2 aromatic rings. The van der Waals surface area contributed by atoms with Crippen LogP contribution in [0.4, 0.5) is 0 Å². The topological polar surface area (TPSA) is 9.23 Å². The number of benzene rings is 2. The van der Waals surface area contributed by atoms with E-state index in [0.717, 1.165) is 36.1 Å². The van der Waals surface area contributed by atoms with Crippen LogP contribution in [0.1, 0.15) is 77.6 Å². The second-order valence-corrected chi connectivity index (χ2v) is 23.7. The van der Waals surface area contributed by atoms with Gasteiger partial charge in [0.15, 0.2) is 16.6 Å². The highest BCUT2D eigenvalue weighted by Crippen LogP contribution is 2.48. The fourth-order valence-corrected chi connectivity index (χ4v) is 14.9. The molecule has 2 unspecified atom stereocenters. The van der Waals surface area contributed by atoms with Gasteiger partial charge >= 0.3 is 0 Å². The van der Waals surface area contributed by atoms with Gasteiger partial charge in [0.2, 0.25) is 0 Å². The summed E-state index contributed by atoms with van der Waals surface area (Å²) < 4.78 is 7.64. The standard InChI is InChI=1S/C36H54OSi2/c1-29(2)19-21-31-15-13-17-33(27-31)23-25-38(11,35(5,6)7)37-39(12,36(8,9)10)26-24-34-18-14-16-32(28-34)22-20-30(3)4/h13-22,27-28H,1,3,23-26H2,2,4-12H3. The maximum atomic E-state index is 7.64. The third-order valence-electron chi connectivity index (χ3n) is 8.43. The van der Waals surface area contributed by atoms with Crippen LogP contribution in [0.25, 0.3) is 12.2 Å². The van der Waals surface area contributed by atoms with Gasteiger partial charge in [-0.15, -0.1) is 0 Å². The van der Waals surface area contributed by atoms with Crippen molar-refractivity contribution in [3.63, 3.8) is 0 Å². The van der Waals surface area contributed by atoms with E-state index in [2.05, 4.69) is 141 Å². The fourth-order valence-electron chi connectivity index (χ4n) is 4.60. The third-order valence-corrected chi connectivity index (χ3v) is 20.8. The Morgan fingerprint density at radius 2 is 1.05 bits per heavy atom. The van der Waals surface area contributed by atoms with E-state index in [0.29, 0.717) is 0 Å². The number of hydrogen-bond donors (Lipinski definition) is 0. The Morgan fingerprint density at radius 1 is 0.692 bits per heavy atom. The monoisotopic (exact) mass is 558 g/mol. The van der Waals surface area contributed by atoms with E-state index in [1.165, 1.54) is 22.3 Å². The third kappa shape index (κ3) is 10.0. The lowest BCUT2D eigenvalue weighted by molar-refractivity contribution is 0.431. The minimum absolute atomic E-state index is 0.150. The highest BCUT2D eigenvalue weighted by molar-refractivity contribution is 6.88. The predicted octanol–water partition coefficient (Wildman–Crippen LogP) is 11.4. The fraction of sp³-hybridized carbons (Fsp3) is 0.444. The summed E-state index contributed by atoms with van der Waals surface area (Å²) in [6.45, 7) is 31.5. The van der Waals surface area contributed by atoms with Crippen LogP contribution in [0.5, 0.6) is 0 Å². The van der Waals surface area contributed by atoms with Crippen molar-refractivity contribution in [2.75, 3.05) is 0 Å². The first-order chi connectivity index (χ1) is 17.9. The molecule has 0 bridgehead atoms. The van der Waals surface area contributed by atoms with Gasteiger partial charge < -0.3 is 4.12 Å². The largest absolute Gasteiger partial charge is 0.454 e. The zero-order chi connectivity index (χ0) is 29.5. The Morgan fingerprint density at radius 3 is 1.36 bits per heavy atom. The second-order valence-electron chi connectivity index (χ2n) is 13.9. The normalized spacial score (nSPS) is 15.8. The van der Waals surface area contributed by atoms with Crippen molar-refractivity contribution < 1.29 is 4.12 Å². The lowest BCUT2D eigenvalue weighted by atomic mass is 10.1. The molecule has 0 aliphatic rings. The smallest absolute Gasteiger partial charge is 0.182 e. The minimum Gasteiger partial charge on any atom is -0.454 e. The number of allylic oxidation sites excluding steroid dienone is 4. The first-order valence-corrected chi connectivity index (χ1v) is 19.7. The Kier molecular flexibility index (Phi) is 11.4. The SMILES string of the molecule is C=C(C)C=Cc1cccc(CC[Si](C)(O[Si](C)(CCc2cccc(C=CC(=C)C)c2)C(C)(C)C)C(C)(C)C)c1. The highest BCUT2D eigenvalue weighted by Gasteiger charge is 2.51. The molecular weight excluding hydrogens is 505 g/mol. The van der Waals surface area contributed by atoms with Gasteiger partial charge in [-0.25, -0.2) is 0 Å². The van der Waals surface area contributed by atoms with Gasteiger partial charge in [0.05, 0.1) is 0 Å². The molecule has 2 atom stereocenters. The van der Waals surface area contributed by atoms with Crippen molar-refractivity contribution in [1.29, 1.82) is 0 Å². The Labute approximate surface area is 243 Å². The van der Waals surface area contributed by atoms with Gasteiger partial charge in [-0.3, -0.25) is 0 Å². The lowest BCUT2D eigenvalue weighted by Crippen LogP contribution is -2.57. The first kappa shape index (κ1) is 33.0. The molecule has 0 saturated heterocycles. The van der Waals surface area contributed by atoms with Crippen LogP contribution in [0, 0.1) is 0 Å². The average molecular weight is 559 g/mol. The second kappa shape index (κ2) is 13.4. The maximum Gasteiger partial charge on any atom is 0.182 e. The molecule has 3 heteroatoms. The lowest BCUT2D eigenvalue weighted by Gasteiger charge is -2.50. The van der Waals surface area contributed by atoms with Crippen LogP contribution < -0.4 is 0 Å². The van der Waals surface area contributed by atoms with Gasteiger partial charge in [-0.1, -0.05) is 139 Å². The summed E-state index contributed by atoms with van der Waals surface area (Å²) in [5.74, 6) is 0. The summed E-state index contributed by atoms with van der Waals surface area (Å²) in [5.41, 5.74) is 7.41. The van der Waals surface area contributed by atoms with Crippen LogP contribution >= 0.6 is 0 Å². The van der Waals surface area contributed by atoms with Crippen LogP contribution in [0.3, 0.4) is 0 Å². The van der Waals surface area contributed by atoms with Crippen molar-refractivity contribution >= 4 is 28.8 Å². The van der Waals surface area contributed by atoms with Gasteiger partial charge in [-0.05, 0) is 84.2 Å². The molecule has 0 amide bonds. The summed E-state index contributed by atoms with van der Waals surface area (Å²) in [7, 11) is -4.20. The number of aryl methyl sites for hydroxylation is 2. The number of hydrogen-bond acceptors (Lipinski definition) is 1. The Balaban J connectivity index is 2.28. The summed E-state index contributed by atoms with van der Waals surface area (Å²) in [4.78, 5) is 0. The van der Waals surface area contributed by atoms with Crippen LogP contribution in [-0.4, -0.2) is 16.6 Å². The van der Waals surface area contributed by atoms with E-state index >= 15 is 0 Å². The Bertz CT molecular complexity index is 1100. The summed E-state index contributed by atoms with van der Waals surface area (Å²) in [5, 5.41) is 0.300. The number of rotatable bonds is 12. The molecule has 0 aliphatic carbocycles. The molecule has 0 spiro atoms. The zero-order valence-electron chi connectivity index (χ0n) is 26.6. The van der Waals surface area contributed by atoms with E-state index in [1.807, 2.05) is 13.8 Å². The molecule has 0 aliphatic heterocycles. The average Bonchev–Trinajstić information content (AvgIpc) is 2.83. The van der Waals surface area contributed by atoms with E-state index in [1.54, 1.807) is 0 Å². The van der Waals surface area contributed by atoms with E-state index in [9.17, 15) is 0 Å². The summed E-state index contributed by atoms with van der Waals surface area (Å²) in [6, 6.07) is 20.2. The van der Waals surface area contributed by atoms with Gasteiger partial charge in [0.1, 0.15) is 0 Å². The minimum atomic E-state index is -2.10. The van der Waals surface area contributed by atoms with Crippen molar-refractivity contribution in [2.24, 2.45) is 0 Å². The molecule has 212 valence electrons. The zero-order valence-corrected chi connectivity index (χ0v) is 28.6. The molecule has 1 nitrogen and oxygen atoms in total. The van der Waals surface area contributed by atoms with E-state index in [-0.39, 0.29) is 10.1 Å². The van der Waals surface area contributed by atoms with E-state index in [4.69, 9.17) is 4.12 Å². The molecule has 39 heavy (non-hydrogen) atoms. The molecule has 0 heterocycles. The summed E-state index contributed by atoms with van der Waals surface area (Å²) in [6.07, 6.45) is 10.6. The van der Waals surface area contributed by atoms with E-state index < -0.39 is 16.6 Å². The van der Waals surface area contributed by atoms with Crippen molar-refractivity contribution in [1.82, 2.24) is 0 Å². The van der Waals surface area contributed by atoms with Crippen molar-refractivity contribution in [3.8, 4) is 0 Å². The van der Waals surface area contributed by atoms with Gasteiger partial charge in [-0.2, -0.15) is 0 Å². The first-order valence-electron chi connectivity index (χ1n) is 14.5. The molecule has 2 aromatic carbocycles. The van der Waals surface area contributed by atoms with Gasteiger partial charge in [0, 0.05) is 0 Å². The molecule has 0 radical (unpaired) electrons. The van der Waals surface area contributed by atoms with Crippen molar-refractivity contribution in [2.45, 2.75) is 103 Å². The van der Waals surface area contributed by atoms with Crippen LogP contribution in [0.2, 0.25) is 35.3 Å². The van der Waals surface area contributed by atoms with Crippen molar-refractivity contribution in [3.05, 3.63) is 107 Å². The molecular formula is C36H54OSi2. The Hall–Kier alpha value is -2.21. The highest BCUT2D eigenvalue weighted by atomic mass is 28.4. The molecule has 0 fully saturated rings. The molecule has 0 N–H and O–H groups in total. The molecule has 2 rings (SSSR count). The summed E-state index contributed by atoms with van der Waals surface area (Å²) >= 11 is 0. The predicted molar refractivity (Wildman–Crippen MR) is 181 cm³/mol. The molecule has 0 saturated carbocycles. The maximum absolute atomic E-state index is 7.64.